The maximum Gasteiger partial charge on any atom is 0.237 e. The van der Waals surface area contributed by atoms with Gasteiger partial charge in [-0.1, -0.05) is 31.5 Å². The average Bonchev–Trinajstić information content (AvgIpc) is 2.66. The van der Waals surface area contributed by atoms with Crippen LogP contribution < -0.4 is 4.90 Å². The van der Waals surface area contributed by atoms with Crippen molar-refractivity contribution in [3.63, 3.8) is 0 Å². The van der Waals surface area contributed by atoms with E-state index in [1.165, 1.54) is 0 Å². The zero-order chi connectivity index (χ0) is 15.7. The normalized spacial score (nSPS) is 21.3. The fourth-order valence-corrected chi connectivity index (χ4v) is 3.33. The number of hydrogen-bond acceptors (Lipinski definition) is 2. The Balaban J connectivity index is 2.44. The SMILES string of the molecule is CCCCN1C(=O)C(C)(CC(C)(C)C#N)c2ccccc21. The Bertz CT molecular complexity index is 585. The molecular weight excluding hydrogens is 260 g/mol. The lowest BCUT2D eigenvalue weighted by molar-refractivity contribution is -0.123. The van der Waals surface area contributed by atoms with Gasteiger partial charge >= 0.3 is 0 Å². The number of para-hydroxylation sites is 1. The maximum absolute atomic E-state index is 13.0. The van der Waals surface area contributed by atoms with E-state index in [9.17, 15) is 10.1 Å². The molecule has 0 radical (unpaired) electrons. The summed E-state index contributed by atoms with van der Waals surface area (Å²) in [6, 6.07) is 10.3. The summed E-state index contributed by atoms with van der Waals surface area (Å²) < 4.78 is 0. The molecular formula is C18H24N2O. The van der Waals surface area contributed by atoms with Crippen molar-refractivity contribution < 1.29 is 4.79 Å². The number of carbonyl (C=O) groups excluding carboxylic acids is 1. The highest BCUT2D eigenvalue weighted by atomic mass is 16.2. The molecule has 21 heavy (non-hydrogen) atoms. The van der Waals surface area contributed by atoms with Gasteiger partial charge in [0.15, 0.2) is 0 Å². The molecule has 0 N–H and O–H groups in total. The molecule has 1 heterocycles. The van der Waals surface area contributed by atoms with Gasteiger partial charge in [-0.3, -0.25) is 4.79 Å². The van der Waals surface area contributed by atoms with E-state index in [-0.39, 0.29) is 5.91 Å². The minimum absolute atomic E-state index is 0.139. The van der Waals surface area contributed by atoms with Crippen LogP contribution in [0.4, 0.5) is 5.69 Å². The molecule has 1 aliphatic heterocycles. The summed E-state index contributed by atoms with van der Waals surface area (Å²) in [5.41, 5.74) is 0.976. The smallest absolute Gasteiger partial charge is 0.237 e. The summed E-state index contributed by atoms with van der Waals surface area (Å²) in [4.78, 5) is 14.9. The third-order valence-corrected chi connectivity index (χ3v) is 4.34. The van der Waals surface area contributed by atoms with Gasteiger partial charge in [-0.2, -0.15) is 5.26 Å². The van der Waals surface area contributed by atoms with Crippen molar-refractivity contribution in [1.82, 2.24) is 0 Å². The van der Waals surface area contributed by atoms with Crippen molar-refractivity contribution in [1.29, 1.82) is 5.26 Å². The van der Waals surface area contributed by atoms with E-state index < -0.39 is 10.8 Å². The van der Waals surface area contributed by atoms with Gasteiger partial charge < -0.3 is 4.90 Å². The summed E-state index contributed by atoms with van der Waals surface area (Å²) in [5, 5.41) is 9.34. The van der Waals surface area contributed by atoms with Gasteiger partial charge in [-0.05, 0) is 45.2 Å². The molecule has 0 fully saturated rings. The van der Waals surface area contributed by atoms with Gasteiger partial charge in [0, 0.05) is 12.2 Å². The van der Waals surface area contributed by atoms with Crippen molar-refractivity contribution in [2.75, 3.05) is 11.4 Å². The molecule has 1 aromatic rings. The van der Waals surface area contributed by atoms with Crippen LogP contribution in [0.15, 0.2) is 24.3 Å². The minimum atomic E-state index is -0.594. The van der Waals surface area contributed by atoms with Gasteiger partial charge in [-0.15, -0.1) is 0 Å². The van der Waals surface area contributed by atoms with Gasteiger partial charge in [-0.25, -0.2) is 0 Å². The van der Waals surface area contributed by atoms with Crippen molar-refractivity contribution in [2.45, 2.75) is 52.4 Å². The predicted molar refractivity (Wildman–Crippen MR) is 85.1 cm³/mol. The van der Waals surface area contributed by atoms with Crippen LogP contribution in [0.25, 0.3) is 0 Å². The lowest BCUT2D eigenvalue weighted by Crippen LogP contribution is -2.41. The second kappa shape index (κ2) is 5.52. The van der Waals surface area contributed by atoms with Gasteiger partial charge in [0.1, 0.15) is 0 Å². The minimum Gasteiger partial charge on any atom is -0.311 e. The van der Waals surface area contributed by atoms with E-state index in [0.29, 0.717) is 6.42 Å². The molecule has 1 aromatic carbocycles. The maximum atomic E-state index is 13.0. The zero-order valence-corrected chi connectivity index (χ0v) is 13.4. The van der Waals surface area contributed by atoms with Crippen LogP contribution in [-0.2, 0) is 10.2 Å². The Morgan fingerprint density at radius 2 is 2.00 bits per heavy atom. The molecule has 1 unspecified atom stereocenters. The molecule has 1 amide bonds. The third kappa shape index (κ3) is 2.68. The van der Waals surface area contributed by atoms with Gasteiger partial charge in [0.2, 0.25) is 5.91 Å². The van der Waals surface area contributed by atoms with Crippen LogP contribution in [-0.4, -0.2) is 12.5 Å². The molecule has 1 atom stereocenters. The Hall–Kier alpha value is -1.82. The highest BCUT2D eigenvalue weighted by molar-refractivity contribution is 6.07. The van der Waals surface area contributed by atoms with Crippen LogP contribution in [0.5, 0.6) is 0 Å². The number of nitriles is 1. The summed E-state index contributed by atoms with van der Waals surface area (Å²) in [5.74, 6) is 0.139. The quantitative estimate of drug-likeness (QED) is 0.819. The Labute approximate surface area is 127 Å². The first-order valence-corrected chi connectivity index (χ1v) is 7.68. The number of unbranched alkanes of at least 4 members (excludes halogenated alkanes) is 1. The van der Waals surface area contributed by atoms with E-state index in [4.69, 9.17) is 0 Å². The van der Waals surface area contributed by atoms with Crippen LogP contribution >= 0.6 is 0 Å². The molecule has 0 bridgehead atoms. The largest absolute Gasteiger partial charge is 0.311 e. The van der Waals surface area contributed by atoms with E-state index >= 15 is 0 Å². The van der Waals surface area contributed by atoms with Gasteiger partial charge in [0.25, 0.3) is 0 Å². The highest BCUT2D eigenvalue weighted by Gasteiger charge is 2.49. The van der Waals surface area contributed by atoms with Crippen LogP contribution in [0.3, 0.4) is 0 Å². The highest BCUT2D eigenvalue weighted by Crippen LogP contribution is 2.47. The predicted octanol–water partition coefficient (Wildman–Crippen LogP) is 4.03. The number of hydrogen-bond donors (Lipinski definition) is 0. The number of benzene rings is 1. The van der Waals surface area contributed by atoms with Crippen LogP contribution in [0.2, 0.25) is 0 Å². The number of nitrogens with zero attached hydrogens (tertiary/aromatic N) is 2. The average molecular weight is 284 g/mol. The number of anilines is 1. The first-order valence-electron chi connectivity index (χ1n) is 7.68. The standard InChI is InChI=1S/C18H24N2O/c1-5-6-11-20-15-10-8-7-9-14(15)18(4,16(20)21)12-17(2,3)13-19/h7-10H,5-6,11-12H2,1-4H3. The summed E-state index contributed by atoms with van der Waals surface area (Å²) in [6.07, 6.45) is 2.61. The number of amides is 1. The molecule has 0 aromatic heterocycles. The molecule has 0 aliphatic carbocycles. The summed E-state index contributed by atoms with van der Waals surface area (Å²) >= 11 is 0. The van der Waals surface area contributed by atoms with Crippen LogP contribution in [0, 0.1) is 16.7 Å². The second-order valence-corrected chi connectivity index (χ2v) is 6.83. The molecule has 0 saturated heterocycles. The molecule has 112 valence electrons. The van der Waals surface area contributed by atoms with E-state index in [1.54, 1.807) is 0 Å². The number of fused-ring (bicyclic) bond motifs is 1. The third-order valence-electron chi connectivity index (χ3n) is 4.34. The molecule has 3 nitrogen and oxygen atoms in total. The number of carbonyl (C=O) groups is 1. The molecule has 1 aliphatic rings. The van der Waals surface area contributed by atoms with E-state index in [1.807, 2.05) is 49.9 Å². The fraction of sp³-hybridized carbons (Fsp3) is 0.556. The molecule has 0 saturated carbocycles. The molecule has 0 spiro atoms. The number of rotatable bonds is 5. The Kier molecular flexibility index (Phi) is 4.09. The van der Waals surface area contributed by atoms with Gasteiger partial charge in [0.05, 0.1) is 16.9 Å². The van der Waals surface area contributed by atoms with Crippen LogP contribution in [0.1, 0.15) is 52.5 Å². The Morgan fingerprint density at radius 1 is 1.33 bits per heavy atom. The lowest BCUT2D eigenvalue weighted by Gasteiger charge is -2.30. The first-order chi connectivity index (χ1) is 9.85. The lowest BCUT2D eigenvalue weighted by atomic mass is 9.71. The second-order valence-electron chi connectivity index (χ2n) is 6.83. The van der Waals surface area contributed by atoms with E-state index in [0.717, 1.165) is 30.6 Å². The summed E-state index contributed by atoms with van der Waals surface area (Å²) in [7, 11) is 0. The van der Waals surface area contributed by atoms with Crippen molar-refractivity contribution in [3.8, 4) is 6.07 Å². The zero-order valence-electron chi connectivity index (χ0n) is 13.4. The van der Waals surface area contributed by atoms with E-state index in [2.05, 4.69) is 13.0 Å². The van der Waals surface area contributed by atoms with Crippen molar-refractivity contribution in [2.24, 2.45) is 5.41 Å². The summed E-state index contributed by atoms with van der Waals surface area (Å²) in [6.45, 7) is 8.68. The van der Waals surface area contributed by atoms with Crippen molar-refractivity contribution in [3.05, 3.63) is 29.8 Å². The van der Waals surface area contributed by atoms with Crippen molar-refractivity contribution >= 4 is 11.6 Å². The molecule has 3 heteroatoms. The Morgan fingerprint density at radius 3 is 2.62 bits per heavy atom. The monoisotopic (exact) mass is 284 g/mol. The molecule has 2 rings (SSSR count). The topological polar surface area (TPSA) is 44.1 Å². The first kappa shape index (κ1) is 15.6. The fourth-order valence-electron chi connectivity index (χ4n) is 3.33.